The predicted molar refractivity (Wildman–Crippen MR) is 113 cm³/mol. The van der Waals surface area contributed by atoms with Gasteiger partial charge in [-0.2, -0.15) is 5.26 Å². The number of nitriles is 1. The van der Waals surface area contributed by atoms with E-state index in [1.807, 2.05) is 28.8 Å². The number of rotatable bonds is 4. The monoisotopic (exact) mass is 471 g/mol. The van der Waals surface area contributed by atoms with Crippen molar-refractivity contribution < 1.29 is 8.78 Å². The lowest BCUT2D eigenvalue weighted by Crippen LogP contribution is -2.33. The lowest BCUT2D eigenvalue weighted by atomic mass is 9.89. The Kier molecular flexibility index (Phi) is 4.73. The van der Waals surface area contributed by atoms with Crippen molar-refractivity contribution in [1.82, 2.24) is 14.6 Å². The van der Waals surface area contributed by atoms with Gasteiger partial charge in [-0.3, -0.25) is 4.40 Å². The number of hydrogen-bond acceptors (Lipinski definition) is 4. The second-order valence-corrected chi connectivity index (χ2v) is 8.98. The molecule has 2 aliphatic rings. The average Bonchev–Trinajstić information content (AvgIpc) is 3.16. The number of hydrogen-bond donors (Lipinski definition) is 0. The fraction of sp³-hybridized carbons (Fsp3) is 0.409. The van der Waals surface area contributed by atoms with Gasteiger partial charge >= 0.3 is 0 Å². The van der Waals surface area contributed by atoms with E-state index in [0.29, 0.717) is 23.0 Å². The molecule has 0 N–H and O–H groups in total. The molecule has 3 aromatic rings. The van der Waals surface area contributed by atoms with E-state index in [-0.39, 0.29) is 12.8 Å². The number of benzene rings is 1. The third-order valence-electron chi connectivity index (χ3n) is 6.30. The minimum Gasteiger partial charge on any atom is -0.370 e. The zero-order valence-corrected chi connectivity index (χ0v) is 17.8. The van der Waals surface area contributed by atoms with Gasteiger partial charge in [0, 0.05) is 38.0 Å². The molecule has 1 unspecified atom stereocenters. The van der Waals surface area contributed by atoms with Crippen LogP contribution in [-0.2, 0) is 6.42 Å². The summed E-state index contributed by atoms with van der Waals surface area (Å²) in [6.45, 7) is 1.82. The maximum atomic E-state index is 13.3. The third kappa shape index (κ3) is 3.45. The van der Waals surface area contributed by atoms with Crippen molar-refractivity contribution in [3.05, 3.63) is 58.0 Å². The normalized spacial score (nSPS) is 21.0. The largest absolute Gasteiger partial charge is 0.370 e. The molecule has 0 bridgehead atoms. The Hall–Kier alpha value is -2.53. The van der Waals surface area contributed by atoms with Crippen molar-refractivity contribution in [3.8, 4) is 6.07 Å². The fourth-order valence-corrected chi connectivity index (χ4v) is 4.99. The Morgan fingerprint density at radius 2 is 1.83 bits per heavy atom. The minimum atomic E-state index is -2.55. The molecule has 1 saturated carbocycles. The van der Waals surface area contributed by atoms with Crippen LogP contribution in [0.25, 0.3) is 5.65 Å². The van der Waals surface area contributed by atoms with Gasteiger partial charge < -0.3 is 4.90 Å². The molecule has 8 heteroatoms. The average molecular weight is 472 g/mol. The first-order valence-electron chi connectivity index (χ1n) is 10.1. The van der Waals surface area contributed by atoms with E-state index in [9.17, 15) is 8.78 Å². The first-order valence-corrected chi connectivity index (χ1v) is 10.9. The van der Waals surface area contributed by atoms with E-state index < -0.39 is 11.8 Å². The van der Waals surface area contributed by atoms with Crippen LogP contribution in [0, 0.1) is 17.2 Å². The summed E-state index contributed by atoms with van der Waals surface area (Å²) in [5.74, 6) is -2.11. The maximum absolute atomic E-state index is 13.3. The van der Waals surface area contributed by atoms with Crippen LogP contribution >= 0.6 is 15.9 Å². The second-order valence-electron chi connectivity index (χ2n) is 8.19. The topological polar surface area (TPSA) is 57.2 Å². The molecule has 3 heterocycles. The lowest BCUT2D eigenvalue weighted by Gasteiger charge is -2.34. The van der Waals surface area contributed by atoms with Crippen LogP contribution in [-0.4, -0.2) is 33.6 Å². The SMILES string of the molecule is N#Cc1ccc(C2CCN(c3ccn4c(CC5CC5(F)F)nnc4c3Br)CC2)cc1. The van der Waals surface area contributed by atoms with Crippen molar-refractivity contribution in [2.75, 3.05) is 18.0 Å². The molecule has 1 atom stereocenters. The van der Waals surface area contributed by atoms with Crippen LogP contribution in [0.3, 0.4) is 0 Å². The Bertz CT molecular complexity index is 1130. The molecule has 0 radical (unpaired) electrons. The van der Waals surface area contributed by atoms with Gasteiger partial charge in [0.1, 0.15) is 5.82 Å². The van der Waals surface area contributed by atoms with Gasteiger partial charge in [-0.25, -0.2) is 8.78 Å². The number of nitrogens with zero attached hydrogens (tertiary/aromatic N) is 5. The first kappa shape index (κ1) is 19.4. The van der Waals surface area contributed by atoms with Gasteiger partial charge in [0.2, 0.25) is 0 Å². The van der Waals surface area contributed by atoms with Crippen molar-refractivity contribution in [2.45, 2.75) is 37.5 Å². The van der Waals surface area contributed by atoms with Crippen LogP contribution in [0.1, 0.15) is 42.1 Å². The number of pyridine rings is 1. The number of anilines is 1. The van der Waals surface area contributed by atoms with Crippen LogP contribution in [0.15, 0.2) is 41.0 Å². The van der Waals surface area contributed by atoms with Crippen molar-refractivity contribution in [2.24, 2.45) is 5.92 Å². The highest BCUT2D eigenvalue weighted by Crippen LogP contribution is 2.50. The molecule has 0 spiro atoms. The highest BCUT2D eigenvalue weighted by atomic mass is 79.9. The Labute approximate surface area is 181 Å². The number of alkyl halides is 2. The van der Waals surface area contributed by atoms with Gasteiger partial charge in [0.25, 0.3) is 5.92 Å². The first-order chi connectivity index (χ1) is 14.5. The zero-order valence-electron chi connectivity index (χ0n) is 16.2. The zero-order chi connectivity index (χ0) is 20.9. The van der Waals surface area contributed by atoms with Crippen molar-refractivity contribution in [3.63, 3.8) is 0 Å². The summed E-state index contributed by atoms with van der Waals surface area (Å²) in [6.07, 6.45) is 4.12. The van der Waals surface area contributed by atoms with E-state index in [4.69, 9.17) is 5.26 Å². The predicted octanol–water partition coefficient (Wildman–Crippen LogP) is 4.95. The molecule has 1 aromatic carbocycles. The van der Waals surface area contributed by atoms with Gasteiger partial charge in [-0.1, -0.05) is 12.1 Å². The molecule has 2 fully saturated rings. The minimum absolute atomic E-state index is 0.0602. The number of piperidine rings is 1. The smallest absolute Gasteiger partial charge is 0.252 e. The number of aromatic nitrogens is 3. The van der Waals surface area contributed by atoms with Crippen LogP contribution < -0.4 is 4.90 Å². The van der Waals surface area contributed by atoms with Crippen LogP contribution in [0.2, 0.25) is 0 Å². The fourth-order valence-electron chi connectivity index (χ4n) is 4.34. The summed E-state index contributed by atoms with van der Waals surface area (Å²) in [4.78, 5) is 2.33. The quantitative estimate of drug-likeness (QED) is 0.540. The molecule has 1 aliphatic carbocycles. The van der Waals surface area contributed by atoms with E-state index in [1.54, 1.807) is 0 Å². The van der Waals surface area contributed by atoms with Crippen LogP contribution in [0.5, 0.6) is 0 Å². The summed E-state index contributed by atoms with van der Waals surface area (Å²) in [5, 5.41) is 17.4. The van der Waals surface area contributed by atoms with E-state index >= 15 is 0 Å². The van der Waals surface area contributed by atoms with Gasteiger partial charge in [-0.05, 0) is 58.5 Å². The van der Waals surface area contributed by atoms with Gasteiger partial charge in [0.05, 0.1) is 21.8 Å². The Morgan fingerprint density at radius 1 is 1.13 bits per heavy atom. The molecule has 5 nitrogen and oxygen atoms in total. The summed E-state index contributed by atoms with van der Waals surface area (Å²) in [6, 6.07) is 12.1. The Balaban J connectivity index is 1.31. The van der Waals surface area contributed by atoms with Gasteiger partial charge in [0.15, 0.2) is 5.65 Å². The summed E-state index contributed by atoms with van der Waals surface area (Å²) >= 11 is 3.67. The molecular formula is C22H20BrF2N5. The van der Waals surface area contributed by atoms with Gasteiger partial charge in [-0.15, -0.1) is 10.2 Å². The highest BCUT2D eigenvalue weighted by molar-refractivity contribution is 9.10. The van der Waals surface area contributed by atoms with Crippen molar-refractivity contribution in [1.29, 1.82) is 5.26 Å². The van der Waals surface area contributed by atoms with E-state index in [1.165, 1.54) is 5.56 Å². The molecule has 0 amide bonds. The standard InChI is InChI=1S/C22H20BrF2N5/c23-20-18(7-10-30-19(27-28-21(20)30)11-17-12-22(17,24)25)29-8-5-16(6-9-29)15-3-1-14(13-26)2-4-15/h1-4,7,10,16-17H,5-6,8-9,11-12H2. The van der Waals surface area contributed by atoms with E-state index in [0.717, 1.165) is 36.1 Å². The molecule has 30 heavy (non-hydrogen) atoms. The molecule has 1 saturated heterocycles. The summed E-state index contributed by atoms with van der Waals surface area (Å²) in [7, 11) is 0. The highest BCUT2D eigenvalue weighted by Gasteiger charge is 2.56. The summed E-state index contributed by atoms with van der Waals surface area (Å²) in [5.41, 5.74) is 3.69. The molecule has 1 aliphatic heterocycles. The number of fused-ring (bicyclic) bond motifs is 1. The summed E-state index contributed by atoms with van der Waals surface area (Å²) < 4.78 is 29.2. The molecule has 5 rings (SSSR count). The molecule has 2 aromatic heterocycles. The maximum Gasteiger partial charge on any atom is 0.252 e. The molecular weight excluding hydrogens is 452 g/mol. The second kappa shape index (κ2) is 7.31. The Morgan fingerprint density at radius 3 is 2.47 bits per heavy atom. The molecule has 154 valence electrons. The third-order valence-corrected chi connectivity index (χ3v) is 7.06. The lowest BCUT2D eigenvalue weighted by molar-refractivity contribution is 0.0984. The van der Waals surface area contributed by atoms with Crippen molar-refractivity contribution >= 4 is 27.3 Å². The van der Waals surface area contributed by atoms with Crippen LogP contribution in [0.4, 0.5) is 14.5 Å². The number of halogens is 3. The van der Waals surface area contributed by atoms with E-state index in [2.05, 4.69) is 49.2 Å².